The molecule has 120 valence electrons. The van der Waals surface area contributed by atoms with E-state index in [0.29, 0.717) is 0 Å². The maximum absolute atomic E-state index is 12.5. The molecular weight excluding hydrogens is 306 g/mol. The van der Waals surface area contributed by atoms with Crippen molar-refractivity contribution in [3.8, 4) is 0 Å². The van der Waals surface area contributed by atoms with Crippen LogP contribution in [-0.4, -0.2) is 55.9 Å². The van der Waals surface area contributed by atoms with E-state index in [1.807, 2.05) is 0 Å². The first-order chi connectivity index (χ1) is 10.4. The number of methoxy groups -OCH3 is 1. The van der Waals surface area contributed by atoms with Gasteiger partial charge in [0.2, 0.25) is 0 Å². The zero-order valence-corrected chi connectivity index (χ0v) is 11.4. The van der Waals surface area contributed by atoms with Crippen molar-refractivity contribution >= 4 is 17.9 Å². The number of esters is 3. The van der Waals surface area contributed by atoms with E-state index >= 15 is 0 Å². The Morgan fingerprint density at radius 3 is 2.55 bits per heavy atom. The Morgan fingerprint density at radius 1 is 1.27 bits per heavy atom. The monoisotopic (exact) mass is 318 g/mol. The van der Waals surface area contributed by atoms with Crippen molar-refractivity contribution in [2.75, 3.05) is 7.11 Å². The predicted octanol–water partition coefficient (Wildman–Crippen LogP) is -0.169. The van der Waals surface area contributed by atoms with Crippen LogP contribution in [0.3, 0.4) is 0 Å². The van der Waals surface area contributed by atoms with Gasteiger partial charge in [-0.1, -0.05) is 6.58 Å². The number of hydrogen-bond acceptors (Lipinski definition) is 7. The molecule has 0 amide bonds. The van der Waals surface area contributed by atoms with Crippen LogP contribution in [0.1, 0.15) is 0 Å². The van der Waals surface area contributed by atoms with Crippen LogP contribution in [0.2, 0.25) is 0 Å². The lowest BCUT2D eigenvalue weighted by molar-refractivity contribution is -0.160. The van der Waals surface area contributed by atoms with Crippen molar-refractivity contribution in [1.82, 2.24) is 0 Å². The van der Waals surface area contributed by atoms with E-state index in [1.165, 1.54) is 0 Å². The summed E-state index contributed by atoms with van der Waals surface area (Å²) in [6.07, 6.45) is -6.83. The van der Waals surface area contributed by atoms with Gasteiger partial charge in [0.25, 0.3) is 6.43 Å². The molecule has 7 nitrogen and oxygen atoms in total. The Labute approximate surface area is 123 Å². The minimum absolute atomic E-state index is 0.654. The summed E-state index contributed by atoms with van der Waals surface area (Å²) < 4.78 is 45.0. The highest BCUT2D eigenvalue weighted by Gasteiger charge is 2.72. The van der Waals surface area contributed by atoms with Crippen LogP contribution in [0.25, 0.3) is 0 Å². The van der Waals surface area contributed by atoms with E-state index in [4.69, 9.17) is 14.2 Å². The Morgan fingerprint density at radius 2 is 1.95 bits per heavy atom. The van der Waals surface area contributed by atoms with Gasteiger partial charge in [-0.15, -0.1) is 0 Å². The Hall–Kier alpha value is -2.03. The van der Waals surface area contributed by atoms with Gasteiger partial charge in [0, 0.05) is 0 Å². The number of carbonyl (C=O) groups is 3. The fourth-order valence-corrected chi connectivity index (χ4v) is 3.16. The number of carbonyl (C=O) groups excluding carboxylic acids is 3. The molecule has 0 spiro atoms. The second-order valence-corrected chi connectivity index (χ2v) is 5.24. The second-order valence-electron chi connectivity index (χ2n) is 5.24. The van der Waals surface area contributed by atoms with E-state index in [0.717, 1.165) is 7.11 Å². The van der Waals surface area contributed by atoms with E-state index in [9.17, 15) is 23.2 Å². The van der Waals surface area contributed by atoms with E-state index in [2.05, 4.69) is 11.3 Å². The van der Waals surface area contributed by atoms with Crippen molar-refractivity contribution in [2.24, 2.45) is 11.8 Å². The molecule has 3 saturated heterocycles. The minimum Gasteiger partial charge on any atom is -0.469 e. The number of rotatable bonds is 4. The first kappa shape index (κ1) is 14.9. The van der Waals surface area contributed by atoms with Gasteiger partial charge in [0.1, 0.15) is 24.0 Å². The number of alkyl halides is 2. The molecule has 22 heavy (non-hydrogen) atoms. The fourth-order valence-electron chi connectivity index (χ4n) is 3.16. The molecule has 3 aliphatic heterocycles. The van der Waals surface area contributed by atoms with Crippen molar-refractivity contribution in [2.45, 2.75) is 30.8 Å². The lowest BCUT2D eigenvalue weighted by atomic mass is 9.78. The number of fused-ring (bicyclic) bond motifs is 1. The molecule has 3 fully saturated rings. The smallest absolute Gasteiger partial charge is 0.339 e. The molecule has 0 saturated carbocycles. The van der Waals surface area contributed by atoms with Gasteiger partial charge in [-0.05, 0) is 0 Å². The minimum atomic E-state index is -3.07. The molecule has 0 aromatic heterocycles. The van der Waals surface area contributed by atoms with Gasteiger partial charge < -0.3 is 18.9 Å². The van der Waals surface area contributed by atoms with E-state index in [1.54, 1.807) is 0 Å². The lowest BCUT2D eigenvalue weighted by Gasteiger charge is -2.26. The highest BCUT2D eigenvalue weighted by molar-refractivity contribution is 5.90. The van der Waals surface area contributed by atoms with Gasteiger partial charge in [-0.2, -0.15) is 0 Å². The van der Waals surface area contributed by atoms with Gasteiger partial charge in [-0.25, -0.2) is 13.6 Å². The van der Waals surface area contributed by atoms with Crippen LogP contribution < -0.4 is 0 Å². The van der Waals surface area contributed by atoms with Crippen LogP contribution in [0.4, 0.5) is 8.78 Å². The Balaban J connectivity index is 1.82. The molecule has 2 bridgehead atoms. The molecule has 9 heteroatoms. The predicted molar refractivity (Wildman–Crippen MR) is 62.6 cm³/mol. The molecule has 3 aliphatic rings. The summed E-state index contributed by atoms with van der Waals surface area (Å²) in [5.41, 5.74) is -1.02. The number of hydrogen-bond donors (Lipinski definition) is 0. The van der Waals surface area contributed by atoms with Crippen LogP contribution in [0.5, 0.6) is 0 Å². The zero-order chi connectivity index (χ0) is 16.2. The molecule has 3 rings (SSSR count). The fraction of sp³-hybridized carbons (Fsp3) is 0.615. The standard InChI is InChI=1S/C13H12F2O7/c1-3(10(14)15)11(16)21-8-6-4(12(17)19-2)5-7(20-6)9(8)22-13(5)18/h4-10H,1H2,2H3. The summed E-state index contributed by atoms with van der Waals surface area (Å²) >= 11 is 0. The van der Waals surface area contributed by atoms with Crippen LogP contribution >= 0.6 is 0 Å². The molecule has 0 N–H and O–H groups in total. The summed E-state index contributed by atoms with van der Waals surface area (Å²) in [4.78, 5) is 35.2. The molecular formula is C13H12F2O7. The first-order valence-electron chi connectivity index (χ1n) is 6.48. The van der Waals surface area contributed by atoms with Crippen LogP contribution in [-0.2, 0) is 33.3 Å². The van der Waals surface area contributed by atoms with Crippen LogP contribution in [0, 0.1) is 11.8 Å². The van der Waals surface area contributed by atoms with Crippen molar-refractivity contribution in [3.05, 3.63) is 12.2 Å². The SMILES string of the molecule is C=C(C(=O)OC1C2OC(=O)C3C2OC1C3C(=O)OC)C(F)F. The normalized spacial score (nSPS) is 38.1. The summed E-state index contributed by atoms with van der Waals surface area (Å²) in [6, 6.07) is 0. The first-order valence-corrected chi connectivity index (χ1v) is 6.48. The maximum atomic E-state index is 12.5. The number of halogens is 2. The van der Waals surface area contributed by atoms with Gasteiger partial charge in [0.15, 0.2) is 12.2 Å². The summed E-state index contributed by atoms with van der Waals surface area (Å²) in [6.45, 7) is 2.94. The zero-order valence-electron chi connectivity index (χ0n) is 11.4. The third-order valence-electron chi connectivity index (χ3n) is 4.15. The summed E-state index contributed by atoms with van der Waals surface area (Å²) in [5.74, 6) is -4.49. The van der Waals surface area contributed by atoms with Gasteiger partial charge >= 0.3 is 17.9 Å². The topological polar surface area (TPSA) is 88.1 Å². The molecule has 0 aromatic carbocycles. The quantitative estimate of drug-likeness (QED) is 0.404. The Bertz CT molecular complexity index is 561. The number of ether oxygens (including phenoxy) is 4. The average Bonchev–Trinajstić information content (AvgIpc) is 3.08. The van der Waals surface area contributed by atoms with Gasteiger partial charge in [-0.3, -0.25) is 9.59 Å². The third-order valence-corrected chi connectivity index (χ3v) is 4.15. The highest BCUT2D eigenvalue weighted by atomic mass is 19.3. The highest BCUT2D eigenvalue weighted by Crippen LogP contribution is 2.51. The maximum Gasteiger partial charge on any atom is 0.339 e. The molecule has 0 radical (unpaired) electrons. The van der Waals surface area contributed by atoms with Crippen molar-refractivity contribution in [3.63, 3.8) is 0 Å². The van der Waals surface area contributed by atoms with E-state index < -0.39 is 66.2 Å². The molecule has 6 atom stereocenters. The van der Waals surface area contributed by atoms with E-state index in [-0.39, 0.29) is 0 Å². The van der Waals surface area contributed by atoms with Crippen molar-refractivity contribution < 1.29 is 42.1 Å². The summed E-state index contributed by atoms with van der Waals surface area (Å²) in [5, 5.41) is 0. The Kier molecular flexibility index (Phi) is 3.39. The molecule has 0 aromatic rings. The second kappa shape index (κ2) is 5.01. The van der Waals surface area contributed by atoms with Crippen LogP contribution in [0.15, 0.2) is 12.2 Å². The molecule has 6 unspecified atom stereocenters. The molecule has 3 heterocycles. The largest absolute Gasteiger partial charge is 0.469 e. The molecule has 0 aliphatic carbocycles. The van der Waals surface area contributed by atoms with Gasteiger partial charge in [0.05, 0.1) is 12.7 Å². The summed E-state index contributed by atoms with van der Waals surface area (Å²) in [7, 11) is 1.14. The third kappa shape index (κ3) is 1.92. The van der Waals surface area contributed by atoms with Crippen molar-refractivity contribution in [1.29, 1.82) is 0 Å². The average molecular weight is 318 g/mol. The lowest BCUT2D eigenvalue weighted by Crippen LogP contribution is -2.48.